The summed E-state index contributed by atoms with van der Waals surface area (Å²) >= 11 is 1.48. The molecule has 360 valence electrons. The summed E-state index contributed by atoms with van der Waals surface area (Å²) in [6, 6.07) is 15.0. The second-order valence-corrected chi connectivity index (χ2v) is 19.3. The molecular weight excluding hydrogens is 897 g/mol. The minimum Gasteiger partial charge on any atom is -0.372 e. The number of hydrogen-bond acceptors (Lipinski definition) is 14. The molecule has 3 fully saturated rings. The molecule has 2 unspecified atom stereocenters. The van der Waals surface area contributed by atoms with Gasteiger partial charge in [-0.25, -0.2) is 18.7 Å². The lowest BCUT2D eigenvalue weighted by molar-refractivity contribution is -0.143. The predicted octanol–water partition coefficient (Wildman–Crippen LogP) is 5.64. The number of nitrogens with two attached hydrogens (primary N) is 1. The monoisotopic (exact) mass is 953 g/mol. The molecule has 2 aromatic carbocycles. The maximum Gasteiger partial charge on any atom is 0.290 e. The summed E-state index contributed by atoms with van der Waals surface area (Å²) in [5.41, 5.74) is 8.76. The number of halogens is 2. The summed E-state index contributed by atoms with van der Waals surface area (Å²) in [5, 5.41) is 16.9. The normalized spacial score (nSPS) is 19.9. The molecule has 2 aromatic heterocycles. The zero-order valence-corrected chi connectivity index (χ0v) is 38.9. The quantitative estimate of drug-likeness (QED) is 0.0702. The highest BCUT2D eigenvalue weighted by Gasteiger charge is 2.46. The smallest absolute Gasteiger partial charge is 0.290 e. The molecular formula is C48H57F2N11O6S. The first-order chi connectivity index (χ1) is 32.7. The van der Waals surface area contributed by atoms with E-state index in [1.165, 1.54) is 33.7 Å². The van der Waals surface area contributed by atoms with Crippen molar-refractivity contribution in [1.82, 2.24) is 35.7 Å². The molecule has 3 saturated heterocycles. The molecule has 0 aliphatic carbocycles. The van der Waals surface area contributed by atoms with Gasteiger partial charge in [0.1, 0.15) is 23.0 Å². The number of anilines is 3. The van der Waals surface area contributed by atoms with E-state index in [2.05, 4.69) is 47.9 Å². The van der Waals surface area contributed by atoms with Gasteiger partial charge in [0.2, 0.25) is 17.7 Å². The van der Waals surface area contributed by atoms with Crippen LogP contribution in [0.25, 0.3) is 0 Å². The number of aromatic nitrogens is 4. The minimum atomic E-state index is -3.12. The Morgan fingerprint density at radius 2 is 1.72 bits per heavy atom. The number of nitrogens with zero attached hydrogens (tertiary/aromatic N) is 7. The van der Waals surface area contributed by atoms with E-state index in [0.717, 1.165) is 66.5 Å². The van der Waals surface area contributed by atoms with Gasteiger partial charge in [0.15, 0.2) is 11.5 Å². The van der Waals surface area contributed by atoms with Crippen molar-refractivity contribution in [1.29, 1.82) is 0 Å². The topological polar surface area (TPSA) is 218 Å². The number of rotatable bonds is 18. The van der Waals surface area contributed by atoms with Crippen LogP contribution in [0.3, 0.4) is 0 Å². The lowest BCUT2D eigenvalue weighted by Gasteiger charge is -2.38. The first kappa shape index (κ1) is 48.3. The lowest BCUT2D eigenvalue weighted by atomic mass is 9.91. The van der Waals surface area contributed by atoms with Crippen molar-refractivity contribution < 1.29 is 37.5 Å². The Bertz CT molecular complexity index is 2470. The van der Waals surface area contributed by atoms with Crippen LogP contribution in [0.1, 0.15) is 110 Å². The van der Waals surface area contributed by atoms with Crippen molar-refractivity contribution >= 4 is 58.6 Å². The first-order valence-electron chi connectivity index (χ1n) is 23.3. The summed E-state index contributed by atoms with van der Waals surface area (Å²) < 4.78 is 36.2. The van der Waals surface area contributed by atoms with Crippen molar-refractivity contribution in [3.8, 4) is 0 Å². The zero-order chi connectivity index (χ0) is 47.8. The number of benzene rings is 2. The van der Waals surface area contributed by atoms with Gasteiger partial charge in [0.05, 0.1) is 18.9 Å². The third kappa shape index (κ3) is 12.3. The van der Waals surface area contributed by atoms with Gasteiger partial charge in [0.25, 0.3) is 17.7 Å². The van der Waals surface area contributed by atoms with E-state index in [1.807, 2.05) is 24.3 Å². The molecule has 68 heavy (non-hydrogen) atoms. The van der Waals surface area contributed by atoms with Crippen LogP contribution in [0, 0.1) is 0 Å². The number of piperidine rings is 3. The van der Waals surface area contributed by atoms with Crippen molar-refractivity contribution in [3.05, 3.63) is 89.4 Å². The molecule has 8 rings (SSSR count). The number of alkyl halides is 2. The number of ether oxygens (including phenoxy) is 1. The van der Waals surface area contributed by atoms with E-state index in [9.17, 15) is 24.0 Å². The van der Waals surface area contributed by atoms with Crippen molar-refractivity contribution in [2.75, 3.05) is 47.9 Å². The minimum absolute atomic E-state index is 0.0156. The Labute approximate surface area is 397 Å². The van der Waals surface area contributed by atoms with E-state index in [-0.39, 0.29) is 80.3 Å². The number of imide groups is 1. The van der Waals surface area contributed by atoms with Gasteiger partial charge in [-0.3, -0.25) is 29.3 Å². The fourth-order valence-electron chi connectivity index (χ4n) is 8.84. The van der Waals surface area contributed by atoms with Crippen molar-refractivity contribution in [2.24, 2.45) is 5.73 Å². The second-order valence-electron chi connectivity index (χ2n) is 18.2. The van der Waals surface area contributed by atoms with Crippen LogP contribution < -0.4 is 31.5 Å². The lowest BCUT2D eigenvalue weighted by Crippen LogP contribution is -2.53. The summed E-state index contributed by atoms with van der Waals surface area (Å²) in [7, 11) is 0. The molecule has 0 radical (unpaired) electrons. The summed E-state index contributed by atoms with van der Waals surface area (Å²) in [6.07, 6.45) is 8.91. The number of amides is 5. The van der Waals surface area contributed by atoms with Gasteiger partial charge in [-0.1, -0.05) is 49.2 Å². The SMILES string of the molecule is CC1(N)CCN(c2cnc(Sc3cccc(NC(=O)CCCCCCCOC4CCN(c5ccc(C(=O)NCc6ccc7c(c6)CN(C6CCC(=O)NC6=O)C7=O)nn5)CC4(F)F)c3)cn2)CC1. The maximum atomic E-state index is 15.3. The molecule has 17 nitrogen and oxygen atoms in total. The van der Waals surface area contributed by atoms with Crippen molar-refractivity contribution in [2.45, 2.75) is 124 Å². The summed E-state index contributed by atoms with van der Waals surface area (Å²) in [4.78, 5) is 77.8. The fraction of sp³-hybridized carbons (Fsp3) is 0.479. The number of carbonyl (C=O) groups is 5. The summed E-state index contributed by atoms with van der Waals surface area (Å²) in [6.45, 7) is 4.04. The molecule has 4 aliphatic heterocycles. The fourth-order valence-corrected chi connectivity index (χ4v) is 9.63. The van der Waals surface area contributed by atoms with Gasteiger partial charge in [-0.2, -0.15) is 0 Å². The number of unbranched alkanes of at least 4 members (excludes halogenated alkanes) is 4. The van der Waals surface area contributed by atoms with E-state index in [1.54, 1.807) is 30.6 Å². The van der Waals surface area contributed by atoms with Gasteiger partial charge >= 0.3 is 0 Å². The highest BCUT2D eigenvalue weighted by molar-refractivity contribution is 7.99. The molecule has 0 bridgehead atoms. The van der Waals surface area contributed by atoms with Crippen LogP contribution >= 0.6 is 11.8 Å². The second kappa shape index (κ2) is 21.5. The van der Waals surface area contributed by atoms with Crippen LogP contribution in [-0.4, -0.2) is 111 Å². The average molecular weight is 954 g/mol. The van der Waals surface area contributed by atoms with Crippen LogP contribution in [0.2, 0.25) is 0 Å². The van der Waals surface area contributed by atoms with Crippen LogP contribution in [0.5, 0.6) is 0 Å². The van der Waals surface area contributed by atoms with Crippen molar-refractivity contribution in [3.63, 3.8) is 0 Å². The zero-order valence-electron chi connectivity index (χ0n) is 38.1. The van der Waals surface area contributed by atoms with Gasteiger partial charge in [-0.15, -0.1) is 10.2 Å². The first-order valence-corrected chi connectivity index (χ1v) is 24.1. The Kier molecular flexibility index (Phi) is 15.2. The molecule has 4 aromatic rings. The predicted molar refractivity (Wildman–Crippen MR) is 250 cm³/mol. The average Bonchev–Trinajstić information content (AvgIpc) is 3.64. The number of hydrogen-bond donors (Lipinski definition) is 4. The summed E-state index contributed by atoms with van der Waals surface area (Å²) in [5.74, 6) is -3.75. The van der Waals surface area contributed by atoms with Crippen LogP contribution in [-0.2, 0) is 32.2 Å². The number of carbonyl (C=O) groups excluding carboxylic acids is 5. The van der Waals surface area contributed by atoms with E-state index in [4.69, 9.17) is 10.5 Å². The van der Waals surface area contributed by atoms with E-state index < -0.39 is 36.4 Å². The highest BCUT2D eigenvalue weighted by Crippen LogP contribution is 2.33. The third-order valence-electron chi connectivity index (χ3n) is 12.8. The molecule has 20 heteroatoms. The third-order valence-corrected chi connectivity index (χ3v) is 13.7. The Balaban J connectivity index is 0.686. The van der Waals surface area contributed by atoms with E-state index in [0.29, 0.717) is 36.1 Å². The number of fused-ring (bicyclic) bond motifs is 1. The Morgan fingerprint density at radius 3 is 2.47 bits per heavy atom. The molecule has 4 aliphatic rings. The van der Waals surface area contributed by atoms with Crippen LogP contribution in [0.4, 0.5) is 26.1 Å². The molecule has 5 amide bonds. The molecule has 0 saturated carbocycles. The maximum absolute atomic E-state index is 15.3. The van der Waals surface area contributed by atoms with E-state index >= 15 is 8.78 Å². The van der Waals surface area contributed by atoms with Crippen LogP contribution in [0.15, 0.2) is 76.9 Å². The van der Waals surface area contributed by atoms with Gasteiger partial charge in [0, 0.05) is 73.9 Å². The van der Waals surface area contributed by atoms with Gasteiger partial charge in [-0.05, 0) is 93.0 Å². The molecule has 0 spiro atoms. The Morgan fingerprint density at radius 1 is 0.912 bits per heavy atom. The molecule has 2 atom stereocenters. The number of nitrogens with one attached hydrogen (secondary N) is 3. The molecule has 5 N–H and O–H groups in total. The molecule has 6 heterocycles. The Hall–Kier alpha value is -6.12. The highest BCUT2D eigenvalue weighted by atomic mass is 32.2. The standard InChI is InChI=1S/C48H57F2N11O6S/c1-47(51)18-21-59(22-19-47)40-27-53-43(28-52-40)68-34-9-7-8-33(25-34)55-41(62)10-5-3-2-4-6-23-67-38-17-20-60(30-48(38,49)50)39-15-13-36(57-58-39)44(64)54-26-31-11-12-35-32(24-31)29-61(46(35)66)37-14-16-42(63)56-45(37)65/h7-9,11-13,15,24-25,27-28,37-38H,2-6,10,14,16-23,26,29-30,51H2,1H3,(H,54,64)(H,55,62)(H,56,63,65). The van der Waals surface area contributed by atoms with Gasteiger partial charge < -0.3 is 35.8 Å². The largest absolute Gasteiger partial charge is 0.372 e.